The number of thiazole rings is 1. The minimum atomic E-state index is -0.0414. The van der Waals surface area contributed by atoms with Gasteiger partial charge in [0.2, 0.25) is 5.91 Å². The number of hydrogen-bond donors (Lipinski definition) is 1. The first-order valence-electron chi connectivity index (χ1n) is 8.99. The molecule has 27 heavy (non-hydrogen) atoms. The molecule has 5 heteroatoms. The number of hydrogen-bond acceptors (Lipinski definition) is 4. The summed E-state index contributed by atoms with van der Waals surface area (Å²) >= 11 is 3.28. The number of nitrogens with one attached hydrogen (secondary N) is 1. The lowest BCUT2D eigenvalue weighted by atomic mass is 10.1. The number of anilines is 1. The molecule has 0 spiro atoms. The van der Waals surface area contributed by atoms with E-state index in [9.17, 15) is 4.79 Å². The number of benzene rings is 2. The largest absolute Gasteiger partial charge is 0.302 e. The highest BCUT2D eigenvalue weighted by molar-refractivity contribution is 7.99. The summed E-state index contributed by atoms with van der Waals surface area (Å²) in [5.74, 6) is -0.0414. The van der Waals surface area contributed by atoms with E-state index in [0.29, 0.717) is 16.8 Å². The number of rotatable bonds is 6. The molecule has 0 saturated heterocycles. The van der Waals surface area contributed by atoms with E-state index in [-0.39, 0.29) is 5.91 Å². The van der Waals surface area contributed by atoms with Crippen molar-refractivity contribution in [1.82, 2.24) is 4.98 Å². The van der Waals surface area contributed by atoms with Gasteiger partial charge in [-0.3, -0.25) is 4.79 Å². The molecule has 0 aliphatic carbocycles. The summed E-state index contributed by atoms with van der Waals surface area (Å²) in [6.45, 7) is 8.54. The predicted octanol–water partition coefficient (Wildman–Crippen LogP) is 6.11. The zero-order valence-electron chi connectivity index (χ0n) is 16.1. The van der Waals surface area contributed by atoms with Crippen LogP contribution in [0.5, 0.6) is 0 Å². The standard InChI is InChI=1S/C22H24N2OS2/c1-14(2)27-19-9-6-17(7-10-19)12-21(25)24-22-23-20(13-26-22)18-8-5-15(3)16(4)11-18/h5-11,13-14H,12H2,1-4H3,(H,23,24,25). The highest BCUT2D eigenvalue weighted by Crippen LogP contribution is 2.27. The molecule has 1 heterocycles. The second-order valence-electron chi connectivity index (χ2n) is 6.87. The van der Waals surface area contributed by atoms with Gasteiger partial charge in [-0.15, -0.1) is 23.1 Å². The average molecular weight is 397 g/mol. The monoisotopic (exact) mass is 396 g/mol. The van der Waals surface area contributed by atoms with Crippen molar-refractivity contribution in [3.8, 4) is 11.3 Å². The third-order valence-corrected chi connectivity index (χ3v) is 5.99. The Labute approximate surface area is 169 Å². The molecule has 0 radical (unpaired) electrons. The zero-order valence-corrected chi connectivity index (χ0v) is 17.7. The Balaban J connectivity index is 1.61. The van der Waals surface area contributed by atoms with Crippen molar-refractivity contribution in [2.45, 2.75) is 44.3 Å². The van der Waals surface area contributed by atoms with Gasteiger partial charge in [0.05, 0.1) is 12.1 Å². The maximum atomic E-state index is 12.3. The highest BCUT2D eigenvalue weighted by atomic mass is 32.2. The normalized spacial score (nSPS) is 11.0. The minimum absolute atomic E-state index is 0.0414. The minimum Gasteiger partial charge on any atom is -0.302 e. The summed E-state index contributed by atoms with van der Waals surface area (Å²) in [6.07, 6.45) is 0.352. The van der Waals surface area contributed by atoms with Gasteiger partial charge in [0.1, 0.15) is 0 Å². The summed E-state index contributed by atoms with van der Waals surface area (Å²) in [4.78, 5) is 18.1. The average Bonchev–Trinajstić information content (AvgIpc) is 3.07. The van der Waals surface area contributed by atoms with Gasteiger partial charge in [-0.05, 0) is 48.7 Å². The van der Waals surface area contributed by atoms with Gasteiger partial charge in [0, 0.05) is 21.1 Å². The summed E-state index contributed by atoms with van der Waals surface area (Å²) in [6, 6.07) is 14.5. The van der Waals surface area contributed by atoms with Crippen molar-refractivity contribution in [2.24, 2.45) is 0 Å². The molecule has 0 bridgehead atoms. The number of carbonyl (C=O) groups is 1. The van der Waals surface area contributed by atoms with Crippen LogP contribution in [-0.2, 0) is 11.2 Å². The maximum Gasteiger partial charge on any atom is 0.230 e. The van der Waals surface area contributed by atoms with Crippen molar-refractivity contribution in [3.05, 3.63) is 64.5 Å². The quantitative estimate of drug-likeness (QED) is 0.511. The van der Waals surface area contributed by atoms with Crippen molar-refractivity contribution in [2.75, 3.05) is 5.32 Å². The molecule has 0 atom stereocenters. The molecular weight excluding hydrogens is 372 g/mol. The van der Waals surface area contributed by atoms with Crippen molar-refractivity contribution in [1.29, 1.82) is 0 Å². The fraction of sp³-hybridized carbons (Fsp3) is 0.273. The van der Waals surface area contributed by atoms with E-state index in [1.54, 1.807) is 0 Å². The van der Waals surface area contributed by atoms with Crippen LogP contribution in [0, 0.1) is 13.8 Å². The van der Waals surface area contributed by atoms with Gasteiger partial charge in [-0.2, -0.15) is 0 Å². The molecule has 1 amide bonds. The van der Waals surface area contributed by atoms with Gasteiger partial charge in [-0.25, -0.2) is 4.98 Å². The second kappa shape index (κ2) is 8.72. The van der Waals surface area contributed by atoms with Crippen LogP contribution in [0.25, 0.3) is 11.3 Å². The van der Waals surface area contributed by atoms with Gasteiger partial charge in [0.25, 0.3) is 0 Å². The van der Waals surface area contributed by atoms with E-state index in [0.717, 1.165) is 16.8 Å². The molecule has 3 nitrogen and oxygen atoms in total. The lowest BCUT2D eigenvalue weighted by Crippen LogP contribution is -2.14. The summed E-state index contributed by atoms with van der Waals surface area (Å²) in [7, 11) is 0. The lowest BCUT2D eigenvalue weighted by Gasteiger charge is -2.06. The molecule has 0 unspecified atom stereocenters. The van der Waals surface area contributed by atoms with Crippen LogP contribution in [0.4, 0.5) is 5.13 Å². The number of thioether (sulfide) groups is 1. The van der Waals surface area contributed by atoms with E-state index in [1.807, 2.05) is 29.3 Å². The van der Waals surface area contributed by atoms with E-state index in [2.05, 4.69) is 68.3 Å². The lowest BCUT2D eigenvalue weighted by molar-refractivity contribution is -0.115. The molecule has 2 aromatic carbocycles. The number of nitrogens with zero attached hydrogens (tertiary/aromatic N) is 1. The molecular formula is C22H24N2OS2. The Bertz CT molecular complexity index is 930. The second-order valence-corrected chi connectivity index (χ2v) is 9.38. The summed E-state index contributed by atoms with van der Waals surface area (Å²) < 4.78 is 0. The summed E-state index contributed by atoms with van der Waals surface area (Å²) in [5, 5.41) is 6.09. The van der Waals surface area contributed by atoms with Gasteiger partial charge in [0.15, 0.2) is 5.13 Å². The zero-order chi connectivity index (χ0) is 19.4. The smallest absolute Gasteiger partial charge is 0.230 e. The van der Waals surface area contributed by atoms with Gasteiger partial charge < -0.3 is 5.32 Å². The van der Waals surface area contributed by atoms with Crippen LogP contribution in [-0.4, -0.2) is 16.1 Å². The fourth-order valence-corrected chi connectivity index (χ4v) is 4.24. The van der Waals surface area contributed by atoms with Crippen LogP contribution in [0.1, 0.15) is 30.5 Å². The highest BCUT2D eigenvalue weighted by Gasteiger charge is 2.10. The molecule has 1 aromatic heterocycles. The van der Waals surface area contributed by atoms with E-state index >= 15 is 0 Å². The Hall–Kier alpha value is -2.11. The first kappa shape index (κ1) is 19.6. The van der Waals surface area contributed by atoms with Crippen molar-refractivity contribution in [3.63, 3.8) is 0 Å². The topological polar surface area (TPSA) is 42.0 Å². The van der Waals surface area contributed by atoms with Crippen molar-refractivity contribution < 1.29 is 4.79 Å². The third-order valence-electron chi connectivity index (χ3n) is 4.21. The molecule has 140 valence electrons. The molecule has 0 aliphatic rings. The molecule has 1 N–H and O–H groups in total. The van der Waals surface area contributed by atoms with E-state index < -0.39 is 0 Å². The van der Waals surface area contributed by atoms with Crippen LogP contribution >= 0.6 is 23.1 Å². The SMILES string of the molecule is Cc1ccc(-c2csc(NC(=O)Cc3ccc(SC(C)C)cc3)n2)cc1C. The van der Waals surface area contributed by atoms with Crippen LogP contribution in [0.2, 0.25) is 0 Å². The van der Waals surface area contributed by atoms with Crippen LogP contribution in [0.3, 0.4) is 0 Å². The number of amides is 1. The first-order valence-corrected chi connectivity index (χ1v) is 10.8. The molecule has 0 fully saturated rings. The molecule has 0 aliphatic heterocycles. The van der Waals surface area contributed by atoms with Crippen LogP contribution < -0.4 is 5.32 Å². The van der Waals surface area contributed by atoms with Gasteiger partial charge in [-0.1, -0.05) is 38.1 Å². The Morgan fingerprint density at radius 1 is 1.11 bits per heavy atom. The Morgan fingerprint density at radius 2 is 1.85 bits per heavy atom. The maximum absolute atomic E-state index is 12.3. The first-order chi connectivity index (χ1) is 12.9. The Morgan fingerprint density at radius 3 is 2.52 bits per heavy atom. The molecule has 3 aromatic rings. The number of carbonyl (C=O) groups excluding carboxylic acids is 1. The third kappa shape index (κ3) is 5.44. The van der Waals surface area contributed by atoms with E-state index in [1.165, 1.54) is 27.4 Å². The molecule has 0 saturated carbocycles. The van der Waals surface area contributed by atoms with E-state index in [4.69, 9.17) is 0 Å². The van der Waals surface area contributed by atoms with Crippen LogP contribution in [0.15, 0.2) is 52.7 Å². The summed E-state index contributed by atoms with van der Waals surface area (Å²) in [5.41, 5.74) is 5.48. The number of aryl methyl sites for hydroxylation is 2. The number of aromatic nitrogens is 1. The molecule has 3 rings (SSSR count). The van der Waals surface area contributed by atoms with Crippen molar-refractivity contribution >= 4 is 34.1 Å². The predicted molar refractivity (Wildman–Crippen MR) is 117 cm³/mol. The fourth-order valence-electron chi connectivity index (χ4n) is 2.67. The van der Waals surface area contributed by atoms with Gasteiger partial charge >= 0.3 is 0 Å². The Kier molecular flexibility index (Phi) is 6.34.